The number of benzene rings is 3. The Kier molecular flexibility index (Phi) is 11.4. The van der Waals surface area contributed by atoms with Gasteiger partial charge in [-0.1, -0.05) is 67.9 Å². The number of alkyl carbamates (subject to hydrolysis) is 1. The predicted molar refractivity (Wildman–Crippen MR) is 161 cm³/mol. The summed E-state index contributed by atoms with van der Waals surface area (Å²) in [7, 11) is 0. The Labute approximate surface area is 247 Å². The SMILES string of the molecule is CCCCN(C(=O)C(Cc1ccc(O)cc1)NC(=O)OC(C)(C)C)C(C(=O)NCc1ccccc1)c1ccc(O)cc1. The number of carbonyl (C=O) groups excluding carboxylic acids is 3. The van der Waals surface area contributed by atoms with Crippen LogP contribution in [-0.2, 0) is 27.3 Å². The maximum absolute atomic E-state index is 14.4. The summed E-state index contributed by atoms with van der Waals surface area (Å²) in [5.74, 6) is -0.746. The van der Waals surface area contributed by atoms with Gasteiger partial charge >= 0.3 is 6.09 Å². The molecule has 42 heavy (non-hydrogen) atoms. The fourth-order valence-corrected chi connectivity index (χ4v) is 4.42. The van der Waals surface area contributed by atoms with Crippen molar-refractivity contribution in [3.8, 4) is 11.5 Å². The molecule has 0 aliphatic heterocycles. The standard InChI is InChI=1S/C33H41N3O6/c1-5-6-20-36(29(25-14-18-27(38)19-15-25)30(39)34-22-24-10-8-7-9-11-24)31(40)28(35-32(41)42-33(2,3)4)21-23-12-16-26(37)17-13-23/h7-19,28-29,37-38H,5-6,20-22H2,1-4H3,(H,34,39)(H,35,41). The second-order valence-corrected chi connectivity index (χ2v) is 11.2. The maximum atomic E-state index is 14.4. The number of amides is 3. The van der Waals surface area contributed by atoms with E-state index in [1.165, 1.54) is 29.2 Å². The molecule has 3 aromatic carbocycles. The highest BCUT2D eigenvalue weighted by Crippen LogP contribution is 2.26. The lowest BCUT2D eigenvalue weighted by atomic mass is 9.99. The average molecular weight is 576 g/mol. The van der Waals surface area contributed by atoms with Crippen molar-refractivity contribution in [3.63, 3.8) is 0 Å². The van der Waals surface area contributed by atoms with Gasteiger partial charge in [-0.3, -0.25) is 9.59 Å². The van der Waals surface area contributed by atoms with E-state index in [9.17, 15) is 24.6 Å². The fourth-order valence-electron chi connectivity index (χ4n) is 4.42. The van der Waals surface area contributed by atoms with Crippen LogP contribution in [0.4, 0.5) is 4.79 Å². The Morgan fingerprint density at radius 1 is 0.857 bits per heavy atom. The van der Waals surface area contributed by atoms with Crippen molar-refractivity contribution in [1.29, 1.82) is 0 Å². The van der Waals surface area contributed by atoms with Crippen molar-refractivity contribution in [3.05, 3.63) is 95.6 Å². The molecule has 0 fully saturated rings. The summed E-state index contributed by atoms with van der Waals surface area (Å²) < 4.78 is 5.46. The number of nitrogens with one attached hydrogen (secondary N) is 2. The molecule has 0 aromatic heterocycles. The summed E-state index contributed by atoms with van der Waals surface area (Å²) in [6.45, 7) is 7.69. The summed E-state index contributed by atoms with van der Waals surface area (Å²) in [5, 5.41) is 25.3. The van der Waals surface area contributed by atoms with Crippen LogP contribution in [0.25, 0.3) is 0 Å². The molecule has 9 heteroatoms. The average Bonchev–Trinajstić information content (AvgIpc) is 2.94. The Balaban J connectivity index is 2.00. The molecule has 3 aromatic rings. The molecule has 9 nitrogen and oxygen atoms in total. The van der Waals surface area contributed by atoms with Crippen LogP contribution >= 0.6 is 0 Å². The third-order valence-electron chi connectivity index (χ3n) is 6.48. The Morgan fingerprint density at radius 3 is 2.02 bits per heavy atom. The quantitative estimate of drug-likeness (QED) is 0.234. The van der Waals surface area contributed by atoms with Gasteiger partial charge in [0, 0.05) is 19.5 Å². The van der Waals surface area contributed by atoms with Gasteiger partial charge in [-0.05, 0) is 68.1 Å². The zero-order valence-electron chi connectivity index (χ0n) is 24.7. The number of phenolic OH excluding ortho intramolecular Hbond substituents is 2. The van der Waals surface area contributed by atoms with Gasteiger partial charge in [0.15, 0.2) is 0 Å². The number of hydrogen-bond donors (Lipinski definition) is 4. The highest BCUT2D eigenvalue weighted by atomic mass is 16.6. The first-order valence-corrected chi connectivity index (χ1v) is 14.2. The van der Waals surface area contributed by atoms with E-state index in [-0.39, 0.29) is 31.0 Å². The largest absolute Gasteiger partial charge is 0.508 e. The molecule has 0 aliphatic rings. The lowest BCUT2D eigenvalue weighted by molar-refractivity contribution is -0.142. The third kappa shape index (κ3) is 9.83. The van der Waals surface area contributed by atoms with E-state index >= 15 is 0 Å². The number of ether oxygens (including phenoxy) is 1. The van der Waals surface area contributed by atoms with Gasteiger partial charge in [-0.2, -0.15) is 0 Å². The minimum absolute atomic E-state index is 0.0328. The molecule has 2 unspecified atom stereocenters. The van der Waals surface area contributed by atoms with Crippen molar-refractivity contribution >= 4 is 17.9 Å². The summed E-state index contributed by atoms with van der Waals surface area (Å²) in [6, 6.07) is 19.9. The molecule has 0 aliphatic carbocycles. The predicted octanol–water partition coefficient (Wildman–Crippen LogP) is 5.22. The van der Waals surface area contributed by atoms with E-state index in [0.29, 0.717) is 17.5 Å². The Hall–Kier alpha value is -4.53. The van der Waals surface area contributed by atoms with Gasteiger partial charge in [0.25, 0.3) is 0 Å². The monoisotopic (exact) mass is 575 g/mol. The van der Waals surface area contributed by atoms with Gasteiger partial charge < -0.3 is 30.5 Å². The zero-order chi connectivity index (χ0) is 30.7. The summed E-state index contributed by atoms with van der Waals surface area (Å²) >= 11 is 0. The highest BCUT2D eigenvalue weighted by molar-refractivity contribution is 5.92. The maximum Gasteiger partial charge on any atom is 0.408 e. The minimum atomic E-state index is -1.07. The lowest BCUT2D eigenvalue weighted by Gasteiger charge is -2.34. The van der Waals surface area contributed by atoms with E-state index in [2.05, 4.69) is 10.6 Å². The molecule has 3 rings (SSSR count). The summed E-state index contributed by atoms with van der Waals surface area (Å²) in [6.07, 6.45) is 0.726. The molecule has 3 amide bonds. The minimum Gasteiger partial charge on any atom is -0.508 e. The van der Waals surface area contributed by atoms with Crippen LogP contribution < -0.4 is 10.6 Å². The van der Waals surface area contributed by atoms with Gasteiger partial charge in [0.2, 0.25) is 11.8 Å². The smallest absolute Gasteiger partial charge is 0.408 e. The van der Waals surface area contributed by atoms with E-state index in [1.807, 2.05) is 37.3 Å². The molecule has 2 atom stereocenters. The summed E-state index contributed by atoms with van der Waals surface area (Å²) in [5.41, 5.74) is 1.33. The first-order valence-electron chi connectivity index (χ1n) is 14.2. The van der Waals surface area contributed by atoms with Crippen molar-refractivity contribution in [2.24, 2.45) is 0 Å². The molecule has 0 spiro atoms. The molecule has 0 heterocycles. The zero-order valence-corrected chi connectivity index (χ0v) is 24.7. The molecular weight excluding hydrogens is 534 g/mol. The van der Waals surface area contributed by atoms with Crippen LogP contribution in [0.15, 0.2) is 78.9 Å². The van der Waals surface area contributed by atoms with Gasteiger partial charge in [0.05, 0.1) is 0 Å². The first kappa shape index (κ1) is 32.0. The second-order valence-electron chi connectivity index (χ2n) is 11.2. The molecule has 0 bridgehead atoms. The van der Waals surface area contributed by atoms with Crippen LogP contribution in [0.5, 0.6) is 11.5 Å². The number of aromatic hydroxyl groups is 2. The first-order chi connectivity index (χ1) is 20.0. The van der Waals surface area contributed by atoms with Crippen LogP contribution in [-0.4, -0.2) is 51.2 Å². The van der Waals surface area contributed by atoms with E-state index in [4.69, 9.17) is 4.74 Å². The molecule has 0 saturated heterocycles. The molecule has 4 N–H and O–H groups in total. The number of nitrogens with zero attached hydrogens (tertiary/aromatic N) is 1. The Bertz CT molecular complexity index is 1300. The normalized spacial score (nSPS) is 12.6. The van der Waals surface area contributed by atoms with Crippen molar-refractivity contribution < 1.29 is 29.3 Å². The topological polar surface area (TPSA) is 128 Å². The van der Waals surface area contributed by atoms with Gasteiger partial charge in [0.1, 0.15) is 29.2 Å². The number of phenols is 2. The van der Waals surface area contributed by atoms with E-state index < -0.39 is 35.6 Å². The lowest BCUT2D eigenvalue weighted by Crippen LogP contribution is -2.54. The van der Waals surface area contributed by atoms with E-state index in [0.717, 1.165) is 12.0 Å². The van der Waals surface area contributed by atoms with Crippen molar-refractivity contribution in [2.45, 2.75) is 71.2 Å². The number of carbonyl (C=O) groups is 3. The molecule has 224 valence electrons. The number of unbranched alkanes of at least 4 members (excludes halogenated alkanes) is 1. The number of rotatable bonds is 12. The summed E-state index contributed by atoms with van der Waals surface area (Å²) in [4.78, 5) is 42.5. The number of hydrogen-bond acceptors (Lipinski definition) is 6. The van der Waals surface area contributed by atoms with Gasteiger partial charge in [-0.25, -0.2) is 4.79 Å². The van der Waals surface area contributed by atoms with Crippen molar-refractivity contribution in [2.75, 3.05) is 6.54 Å². The highest BCUT2D eigenvalue weighted by Gasteiger charge is 2.36. The van der Waals surface area contributed by atoms with Crippen molar-refractivity contribution in [1.82, 2.24) is 15.5 Å². The molecular formula is C33H41N3O6. The van der Waals surface area contributed by atoms with Crippen LogP contribution in [0, 0.1) is 0 Å². The third-order valence-corrected chi connectivity index (χ3v) is 6.48. The van der Waals surface area contributed by atoms with Crippen LogP contribution in [0.2, 0.25) is 0 Å². The Morgan fingerprint density at radius 2 is 1.45 bits per heavy atom. The van der Waals surface area contributed by atoms with Crippen LogP contribution in [0.3, 0.4) is 0 Å². The second kappa shape index (κ2) is 14.9. The molecule has 0 saturated carbocycles. The fraction of sp³-hybridized carbons (Fsp3) is 0.364. The van der Waals surface area contributed by atoms with E-state index in [1.54, 1.807) is 45.0 Å². The van der Waals surface area contributed by atoms with Crippen LogP contribution in [0.1, 0.15) is 63.3 Å². The molecule has 0 radical (unpaired) electrons. The van der Waals surface area contributed by atoms with Gasteiger partial charge in [-0.15, -0.1) is 0 Å².